The normalized spacial score (nSPS) is 15.7. The van der Waals surface area contributed by atoms with Gasteiger partial charge in [-0.15, -0.1) is 0 Å². The van der Waals surface area contributed by atoms with Gasteiger partial charge in [0.05, 0.1) is 32.4 Å². The lowest BCUT2D eigenvalue weighted by Gasteiger charge is -2.24. The highest BCUT2D eigenvalue weighted by atomic mass is 16.5. The van der Waals surface area contributed by atoms with E-state index in [1.54, 1.807) is 43.6 Å². The van der Waals surface area contributed by atoms with Gasteiger partial charge >= 0.3 is 0 Å². The summed E-state index contributed by atoms with van der Waals surface area (Å²) in [6.07, 6.45) is 5.16. The van der Waals surface area contributed by atoms with Crippen molar-refractivity contribution in [3.05, 3.63) is 70.5 Å². The Bertz CT molecular complexity index is 1130. The number of aromatic nitrogens is 3. The number of ether oxygens (including phenoxy) is 2. The number of rotatable bonds is 6. The molecule has 1 aliphatic rings. The molecule has 1 amide bonds. The van der Waals surface area contributed by atoms with Gasteiger partial charge in [0.2, 0.25) is 5.91 Å². The first-order chi connectivity index (χ1) is 15.1. The number of H-pyrrole nitrogens is 1. The maximum atomic E-state index is 13.1. The van der Waals surface area contributed by atoms with E-state index < -0.39 is 0 Å². The van der Waals surface area contributed by atoms with Crippen LogP contribution < -0.4 is 15.0 Å². The molecule has 3 heterocycles. The summed E-state index contributed by atoms with van der Waals surface area (Å²) in [6, 6.07) is 10.3. The number of carbonyl (C=O) groups excluding carboxylic acids is 1. The van der Waals surface area contributed by atoms with Crippen molar-refractivity contribution in [1.29, 1.82) is 0 Å². The minimum atomic E-state index is -0.267. The summed E-state index contributed by atoms with van der Waals surface area (Å²) in [5, 5.41) is 0. The van der Waals surface area contributed by atoms with Crippen LogP contribution in [0.5, 0.6) is 11.5 Å². The van der Waals surface area contributed by atoms with Gasteiger partial charge in [-0.1, -0.05) is 6.07 Å². The number of nitrogens with one attached hydrogen (secondary N) is 1. The highest BCUT2D eigenvalue weighted by molar-refractivity contribution is 5.79. The van der Waals surface area contributed by atoms with E-state index in [-0.39, 0.29) is 23.9 Å². The van der Waals surface area contributed by atoms with E-state index in [1.807, 2.05) is 18.2 Å². The molecule has 0 aliphatic carbocycles. The van der Waals surface area contributed by atoms with Gasteiger partial charge in [-0.2, -0.15) is 0 Å². The van der Waals surface area contributed by atoms with Gasteiger partial charge in [0.1, 0.15) is 5.82 Å². The highest BCUT2D eigenvalue weighted by Gasteiger charge is 2.32. The molecule has 1 aliphatic heterocycles. The Hall–Kier alpha value is -3.68. The molecule has 0 unspecified atom stereocenters. The summed E-state index contributed by atoms with van der Waals surface area (Å²) in [7, 11) is 3.14. The van der Waals surface area contributed by atoms with E-state index in [1.165, 1.54) is 6.07 Å². The zero-order valence-electron chi connectivity index (χ0n) is 17.5. The van der Waals surface area contributed by atoms with Gasteiger partial charge in [-0.25, -0.2) is 4.98 Å². The number of amides is 1. The second-order valence-electron chi connectivity index (χ2n) is 7.37. The summed E-state index contributed by atoms with van der Waals surface area (Å²) in [4.78, 5) is 38.8. The SMILES string of the molecule is COc1ccc(CC(=O)N2CCC[C@@H]2c2nc(-c3cccnc3)cc(=O)[nH]2)cc1OC. The Kier molecular flexibility index (Phi) is 5.97. The molecule has 2 aromatic heterocycles. The Morgan fingerprint density at radius 2 is 2.03 bits per heavy atom. The molecule has 1 fully saturated rings. The van der Waals surface area contributed by atoms with Gasteiger partial charge < -0.3 is 19.4 Å². The number of pyridine rings is 1. The van der Waals surface area contributed by atoms with E-state index in [4.69, 9.17) is 9.47 Å². The van der Waals surface area contributed by atoms with E-state index in [9.17, 15) is 9.59 Å². The van der Waals surface area contributed by atoms with Crippen LogP contribution in [0.25, 0.3) is 11.3 Å². The fourth-order valence-corrected chi connectivity index (χ4v) is 3.91. The van der Waals surface area contributed by atoms with Crippen LogP contribution in [0.4, 0.5) is 0 Å². The lowest BCUT2D eigenvalue weighted by atomic mass is 10.1. The van der Waals surface area contributed by atoms with Crippen LogP contribution in [0.15, 0.2) is 53.6 Å². The monoisotopic (exact) mass is 420 g/mol. The highest BCUT2D eigenvalue weighted by Crippen LogP contribution is 2.32. The molecule has 1 atom stereocenters. The Balaban J connectivity index is 1.58. The van der Waals surface area contributed by atoms with E-state index in [0.717, 1.165) is 24.0 Å². The summed E-state index contributed by atoms with van der Waals surface area (Å²) in [5.74, 6) is 1.68. The molecule has 31 heavy (non-hydrogen) atoms. The summed E-state index contributed by atoms with van der Waals surface area (Å²) < 4.78 is 10.6. The van der Waals surface area contributed by atoms with Crippen molar-refractivity contribution in [2.24, 2.45) is 0 Å². The minimum Gasteiger partial charge on any atom is -0.493 e. The smallest absolute Gasteiger partial charge is 0.251 e. The zero-order valence-corrected chi connectivity index (χ0v) is 17.5. The van der Waals surface area contributed by atoms with E-state index in [0.29, 0.717) is 29.6 Å². The fraction of sp³-hybridized carbons (Fsp3) is 0.304. The number of aromatic amines is 1. The van der Waals surface area contributed by atoms with Crippen LogP contribution in [0.2, 0.25) is 0 Å². The molecule has 1 aromatic carbocycles. The average molecular weight is 420 g/mol. The number of carbonyl (C=O) groups is 1. The van der Waals surface area contributed by atoms with Crippen LogP contribution in [-0.4, -0.2) is 46.5 Å². The van der Waals surface area contributed by atoms with Crippen molar-refractivity contribution in [3.63, 3.8) is 0 Å². The van der Waals surface area contributed by atoms with Crippen molar-refractivity contribution < 1.29 is 14.3 Å². The first-order valence-corrected chi connectivity index (χ1v) is 10.1. The molecule has 0 bridgehead atoms. The number of hydrogen-bond acceptors (Lipinski definition) is 6. The molecule has 1 N–H and O–H groups in total. The van der Waals surface area contributed by atoms with Crippen LogP contribution in [-0.2, 0) is 11.2 Å². The van der Waals surface area contributed by atoms with Crippen LogP contribution in [0.1, 0.15) is 30.3 Å². The summed E-state index contributed by atoms with van der Waals surface area (Å²) in [6.45, 7) is 0.623. The van der Waals surface area contributed by atoms with Crippen LogP contribution in [0, 0.1) is 0 Å². The van der Waals surface area contributed by atoms with Crippen molar-refractivity contribution in [1.82, 2.24) is 19.9 Å². The van der Waals surface area contributed by atoms with Crippen molar-refractivity contribution in [2.75, 3.05) is 20.8 Å². The van der Waals surface area contributed by atoms with Gasteiger partial charge in [-0.05, 0) is 42.7 Å². The first kappa shape index (κ1) is 20.6. The third-order valence-electron chi connectivity index (χ3n) is 5.41. The zero-order chi connectivity index (χ0) is 21.8. The maximum Gasteiger partial charge on any atom is 0.251 e. The molecule has 0 saturated carbocycles. The van der Waals surface area contributed by atoms with E-state index >= 15 is 0 Å². The lowest BCUT2D eigenvalue weighted by Crippen LogP contribution is -2.33. The number of hydrogen-bond donors (Lipinski definition) is 1. The summed E-state index contributed by atoms with van der Waals surface area (Å²) >= 11 is 0. The molecule has 160 valence electrons. The largest absolute Gasteiger partial charge is 0.493 e. The Labute approximate surface area is 179 Å². The average Bonchev–Trinajstić information content (AvgIpc) is 3.29. The molecule has 0 radical (unpaired) electrons. The van der Waals surface area contributed by atoms with Crippen LogP contribution in [0.3, 0.4) is 0 Å². The minimum absolute atomic E-state index is 0.0239. The predicted octanol–water partition coefficient (Wildman–Crippen LogP) is 2.76. The maximum absolute atomic E-state index is 13.1. The number of benzene rings is 1. The van der Waals surface area contributed by atoms with E-state index in [2.05, 4.69) is 15.0 Å². The molecular weight excluding hydrogens is 396 g/mol. The third-order valence-corrected chi connectivity index (χ3v) is 5.41. The second kappa shape index (κ2) is 8.99. The molecule has 0 spiro atoms. The molecule has 3 aromatic rings. The van der Waals surface area contributed by atoms with Crippen LogP contribution >= 0.6 is 0 Å². The number of likely N-dealkylation sites (tertiary alicyclic amines) is 1. The van der Waals surface area contributed by atoms with Crippen molar-refractivity contribution in [3.8, 4) is 22.8 Å². The van der Waals surface area contributed by atoms with Crippen molar-refractivity contribution >= 4 is 5.91 Å². The number of nitrogens with zero attached hydrogens (tertiary/aromatic N) is 3. The Morgan fingerprint density at radius 1 is 1.19 bits per heavy atom. The molecule has 4 rings (SSSR count). The second-order valence-corrected chi connectivity index (χ2v) is 7.37. The quantitative estimate of drug-likeness (QED) is 0.659. The molecule has 8 heteroatoms. The van der Waals surface area contributed by atoms with Gasteiger partial charge in [0, 0.05) is 30.6 Å². The number of methoxy groups -OCH3 is 2. The van der Waals surface area contributed by atoms with Gasteiger partial charge in [0.15, 0.2) is 11.5 Å². The fourth-order valence-electron chi connectivity index (χ4n) is 3.91. The first-order valence-electron chi connectivity index (χ1n) is 10.1. The molecule has 8 nitrogen and oxygen atoms in total. The topological polar surface area (TPSA) is 97.4 Å². The molecule has 1 saturated heterocycles. The summed E-state index contributed by atoms with van der Waals surface area (Å²) in [5.41, 5.74) is 1.89. The van der Waals surface area contributed by atoms with Gasteiger partial charge in [0.25, 0.3) is 5.56 Å². The molecular formula is C23H24N4O4. The van der Waals surface area contributed by atoms with Gasteiger partial charge in [-0.3, -0.25) is 14.6 Å². The lowest BCUT2D eigenvalue weighted by molar-refractivity contribution is -0.131. The predicted molar refractivity (Wildman–Crippen MR) is 115 cm³/mol. The van der Waals surface area contributed by atoms with Crippen molar-refractivity contribution in [2.45, 2.75) is 25.3 Å². The Morgan fingerprint density at radius 3 is 2.77 bits per heavy atom. The third kappa shape index (κ3) is 4.42. The standard InChI is InChI=1S/C23H24N4O4/c1-30-19-8-7-15(11-20(19)31-2)12-22(29)27-10-4-6-18(27)23-25-17(13-21(28)26-23)16-5-3-9-24-14-16/h3,5,7-9,11,13-14,18H,4,6,10,12H2,1-2H3,(H,25,26,28)/t18-/m1/s1.